The Hall–Kier alpha value is -4.63. The first-order valence-electron chi connectivity index (χ1n) is 17.1. The van der Waals surface area contributed by atoms with E-state index in [0.29, 0.717) is 12.2 Å². The predicted molar refractivity (Wildman–Crippen MR) is 199 cm³/mol. The number of thioether (sulfide) groups is 1. The summed E-state index contributed by atoms with van der Waals surface area (Å²) < 4.78 is 0. The van der Waals surface area contributed by atoms with Crippen LogP contribution in [0.1, 0.15) is 59.1 Å². The van der Waals surface area contributed by atoms with E-state index in [2.05, 4.69) is 43.5 Å². The van der Waals surface area contributed by atoms with Crippen molar-refractivity contribution < 1.29 is 28.8 Å². The summed E-state index contributed by atoms with van der Waals surface area (Å²) in [6, 6.07) is 1.31. The molecule has 5 atom stereocenters. The molecule has 1 fully saturated rings. The van der Waals surface area contributed by atoms with Crippen LogP contribution < -0.4 is 37.6 Å². The van der Waals surface area contributed by atoms with Crippen LogP contribution in [0.5, 0.6) is 0 Å². The van der Waals surface area contributed by atoms with Crippen LogP contribution in [0.15, 0.2) is 48.4 Å². The van der Waals surface area contributed by atoms with Crippen molar-refractivity contribution in [2.45, 2.75) is 91.5 Å². The average molecular weight is 725 g/mol. The zero-order valence-corrected chi connectivity index (χ0v) is 31.2. The normalized spacial score (nSPS) is 22.2. The highest BCUT2D eigenvalue weighted by atomic mass is 32.2. The van der Waals surface area contributed by atoms with Gasteiger partial charge in [-0.05, 0) is 56.7 Å². The number of allylic oxidation sites excluding steroid dienone is 1. The van der Waals surface area contributed by atoms with E-state index in [1.165, 1.54) is 17.8 Å². The van der Waals surface area contributed by atoms with E-state index in [0.717, 1.165) is 22.0 Å². The summed E-state index contributed by atoms with van der Waals surface area (Å²) in [6.07, 6.45) is 3.52. The maximum atomic E-state index is 14.0. The van der Waals surface area contributed by atoms with Gasteiger partial charge in [0.15, 0.2) is 0 Å². The van der Waals surface area contributed by atoms with Gasteiger partial charge in [-0.1, -0.05) is 52.0 Å². The number of fused-ring (bicyclic) bond motifs is 1. The molecule has 0 saturated carbocycles. The Morgan fingerprint density at radius 2 is 1.73 bits per heavy atom. The summed E-state index contributed by atoms with van der Waals surface area (Å²) in [5, 5.41) is 17.0. The number of rotatable bonds is 9. The highest BCUT2D eigenvalue weighted by Gasteiger charge is 2.32. The van der Waals surface area contributed by atoms with Crippen molar-refractivity contribution in [2.24, 2.45) is 17.6 Å². The van der Waals surface area contributed by atoms with Crippen molar-refractivity contribution in [1.29, 1.82) is 0 Å². The van der Waals surface area contributed by atoms with Gasteiger partial charge in [0, 0.05) is 41.1 Å². The second-order valence-electron chi connectivity index (χ2n) is 13.7. The van der Waals surface area contributed by atoms with Gasteiger partial charge in [-0.25, -0.2) is 0 Å². The summed E-state index contributed by atoms with van der Waals surface area (Å²) in [7, 11) is 0. The van der Waals surface area contributed by atoms with Crippen LogP contribution in [0.2, 0.25) is 0 Å². The molecule has 0 radical (unpaired) electrons. The number of carbonyl (C=O) groups is 6. The lowest BCUT2D eigenvalue weighted by atomic mass is 10.0. The summed E-state index contributed by atoms with van der Waals surface area (Å²) >= 11 is 1.30. The smallest absolute Gasteiger partial charge is 0.268 e. The minimum absolute atomic E-state index is 0.0302. The van der Waals surface area contributed by atoms with E-state index in [-0.39, 0.29) is 41.4 Å². The number of aromatic amines is 1. The van der Waals surface area contributed by atoms with Crippen LogP contribution >= 0.6 is 11.8 Å². The van der Waals surface area contributed by atoms with Gasteiger partial charge in [0.1, 0.15) is 23.8 Å². The van der Waals surface area contributed by atoms with Crippen molar-refractivity contribution in [2.75, 3.05) is 11.5 Å². The van der Waals surface area contributed by atoms with Gasteiger partial charge in [-0.15, -0.1) is 0 Å². The topological polar surface area (TPSA) is 216 Å². The average Bonchev–Trinajstić information content (AvgIpc) is 3.45. The molecular formula is C36H52N8O6S. The van der Waals surface area contributed by atoms with E-state index >= 15 is 0 Å². The molecule has 1 saturated heterocycles. The molecule has 1 aromatic heterocycles. The maximum Gasteiger partial charge on any atom is 0.268 e. The van der Waals surface area contributed by atoms with Gasteiger partial charge in [-0.2, -0.15) is 11.8 Å². The zero-order chi connectivity index (χ0) is 38.0. The van der Waals surface area contributed by atoms with Crippen molar-refractivity contribution in [1.82, 2.24) is 36.9 Å². The summed E-state index contributed by atoms with van der Waals surface area (Å²) in [4.78, 5) is 83.5. The van der Waals surface area contributed by atoms with Crippen LogP contribution in [0, 0.1) is 18.8 Å². The Bertz CT molecular complexity index is 1670. The van der Waals surface area contributed by atoms with E-state index in [9.17, 15) is 28.8 Å². The number of nitrogens with two attached hydrogens (primary N) is 1. The fourth-order valence-electron chi connectivity index (χ4n) is 5.35. The number of hydrogen-bond donors (Lipinski definition) is 8. The standard InChI is InChI=1S/C36H52N8O6S/c1-9-25(41-36(50)30(37)19(4)5)32(46)44-29-17-51-16-21(7)39-33(47)27(12-18(2)3)42-31(45)22(8)40-34(48)28(43-35(29)49)14-23-15-38-26-11-10-20(6)13-24(23)26/h9-11,13,15,18-19,21,27-30,38H,8,12,14,16-17,37H2,1-7H3,(H,39,47)(H,40,48)(H,41,50)(H,42,45)(H,43,49)(H,44,46)/b25-9+. The van der Waals surface area contributed by atoms with E-state index in [1.54, 1.807) is 33.9 Å². The van der Waals surface area contributed by atoms with Gasteiger partial charge in [0.25, 0.3) is 11.8 Å². The van der Waals surface area contributed by atoms with Gasteiger partial charge in [0.05, 0.1) is 11.7 Å². The fraction of sp³-hybridized carbons (Fsp3) is 0.500. The van der Waals surface area contributed by atoms with Crippen LogP contribution in [-0.2, 0) is 35.2 Å². The molecule has 2 aromatic rings. The molecule has 2 heterocycles. The molecule has 1 aliphatic rings. The minimum Gasteiger partial charge on any atom is -0.361 e. The van der Waals surface area contributed by atoms with Gasteiger partial charge >= 0.3 is 0 Å². The van der Waals surface area contributed by atoms with Crippen LogP contribution in [0.4, 0.5) is 0 Å². The molecule has 9 N–H and O–H groups in total. The monoisotopic (exact) mass is 724 g/mol. The van der Waals surface area contributed by atoms with Gasteiger partial charge < -0.3 is 42.6 Å². The molecule has 1 aromatic carbocycles. The Morgan fingerprint density at radius 1 is 1.02 bits per heavy atom. The second kappa shape index (κ2) is 18.6. The number of hydrogen-bond acceptors (Lipinski definition) is 8. The Kier molecular flexibility index (Phi) is 14.8. The number of benzene rings is 1. The molecule has 0 spiro atoms. The van der Waals surface area contributed by atoms with Crippen molar-refractivity contribution >= 4 is 58.1 Å². The molecular weight excluding hydrogens is 673 g/mol. The largest absolute Gasteiger partial charge is 0.361 e. The van der Waals surface area contributed by atoms with Crippen LogP contribution in [0.3, 0.4) is 0 Å². The molecule has 6 amide bonds. The molecule has 1 aliphatic heterocycles. The SMILES string of the molecule is C=C1NC(=O)C(Cc2c[nH]c3ccc(C)cc23)NC(=O)C(NC(=O)/C(=C\C)NC(=O)C(N)C(C)C)CSCC(C)NC(=O)C(CC(C)C)NC1=O. The van der Waals surface area contributed by atoms with Gasteiger partial charge in [0.2, 0.25) is 23.6 Å². The molecule has 3 rings (SSSR count). The van der Waals surface area contributed by atoms with E-state index in [1.807, 2.05) is 39.0 Å². The first-order valence-corrected chi connectivity index (χ1v) is 18.2. The Balaban J connectivity index is 1.98. The molecule has 14 nitrogen and oxygen atoms in total. The third kappa shape index (κ3) is 11.7. The first-order chi connectivity index (χ1) is 24.0. The number of H-pyrrole nitrogens is 1. The number of carbonyl (C=O) groups excluding carboxylic acids is 6. The molecule has 51 heavy (non-hydrogen) atoms. The quantitative estimate of drug-likeness (QED) is 0.177. The summed E-state index contributed by atoms with van der Waals surface area (Å²) in [6.45, 7) is 16.4. The third-order valence-corrected chi connectivity index (χ3v) is 9.64. The highest BCUT2D eigenvalue weighted by Crippen LogP contribution is 2.21. The molecule has 0 bridgehead atoms. The minimum atomic E-state index is -1.21. The third-order valence-electron chi connectivity index (χ3n) is 8.33. The predicted octanol–water partition coefficient (Wildman–Crippen LogP) is 1.40. The Morgan fingerprint density at radius 3 is 2.37 bits per heavy atom. The Labute approximate surface area is 303 Å². The number of nitrogens with one attached hydrogen (secondary N) is 7. The molecule has 5 unspecified atom stereocenters. The lowest BCUT2D eigenvalue weighted by Gasteiger charge is -2.26. The second-order valence-corrected chi connectivity index (χ2v) is 14.8. The van der Waals surface area contributed by atoms with E-state index in [4.69, 9.17) is 5.73 Å². The lowest BCUT2D eigenvalue weighted by molar-refractivity contribution is -0.131. The number of aromatic nitrogens is 1. The first kappa shape index (κ1) is 40.8. The summed E-state index contributed by atoms with van der Waals surface area (Å²) in [5.41, 5.74) is 8.14. The van der Waals surface area contributed by atoms with Crippen molar-refractivity contribution in [3.63, 3.8) is 0 Å². The maximum absolute atomic E-state index is 14.0. The van der Waals surface area contributed by atoms with E-state index < -0.39 is 59.6 Å². The van der Waals surface area contributed by atoms with Crippen molar-refractivity contribution in [3.8, 4) is 0 Å². The summed E-state index contributed by atoms with van der Waals surface area (Å²) in [5.74, 6) is -3.53. The van der Waals surface area contributed by atoms with Crippen LogP contribution in [0.25, 0.3) is 10.9 Å². The number of aryl methyl sites for hydroxylation is 1. The van der Waals surface area contributed by atoms with Gasteiger partial charge in [-0.3, -0.25) is 28.8 Å². The molecule has 0 aliphatic carbocycles. The molecule has 15 heteroatoms. The molecule has 278 valence electrons. The fourth-order valence-corrected chi connectivity index (χ4v) is 6.39. The lowest BCUT2D eigenvalue weighted by Crippen LogP contribution is -2.57. The zero-order valence-electron chi connectivity index (χ0n) is 30.4. The van der Waals surface area contributed by atoms with Crippen LogP contribution in [-0.4, -0.2) is 82.1 Å². The number of amides is 6. The van der Waals surface area contributed by atoms with Crippen molar-refractivity contribution in [3.05, 3.63) is 59.6 Å². The highest BCUT2D eigenvalue weighted by molar-refractivity contribution is 7.99.